The van der Waals surface area contributed by atoms with Crippen LogP contribution in [-0.4, -0.2) is 28.6 Å². The molecule has 1 aromatic heterocycles. The Labute approximate surface area is 125 Å². The molecular formula is C15H24N4O2. The van der Waals surface area contributed by atoms with E-state index in [2.05, 4.69) is 27.7 Å². The molecule has 6 heteroatoms. The van der Waals surface area contributed by atoms with E-state index in [0.717, 1.165) is 25.8 Å². The van der Waals surface area contributed by atoms with Crippen molar-refractivity contribution >= 4 is 5.91 Å². The molecule has 1 saturated heterocycles. The van der Waals surface area contributed by atoms with E-state index in [1.807, 2.05) is 0 Å². The molecule has 3 rings (SSSR count). The smallest absolute Gasteiger partial charge is 0.292 e. The molecule has 2 fully saturated rings. The lowest BCUT2D eigenvalue weighted by Crippen LogP contribution is -2.39. The topological polar surface area (TPSA) is 80.0 Å². The molecule has 0 spiro atoms. The molecule has 0 bridgehead atoms. The number of rotatable bonds is 3. The molecule has 1 aliphatic heterocycles. The summed E-state index contributed by atoms with van der Waals surface area (Å²) in [5, 5.41) is 10.2. The molecule has 21 heavy (non-hydrogen) atoms. The van der Waals surface area contributed by atoms with E-state index >= 15 is 0 Å². The predicted octanol–water partition coefficient (Wildman–Crippen LogP) is 2.19. The molecule has 116 valence electrons. The van der Waals surface area contributed by atoms with Crippen molar-refractivity contribution in [2.24, 2.45) is 5.92 Å². The van der Waals surface area contributed by atoms with Gasteiger partial charge >= 0.3 is 0 Å². The first-order valence-electron chi connectivity index (χ1n) is 8.12. The molecule has 3 unspecified atom stereocenters. The highest BCUT2D eigenvalue weighted by Crippen LogP contribution is 2.24. The van der Waals surface area contributed by atoms with Gasteiger partial charge in [0.15, 0.2) is 0 Å². The van der Waals surface area contributed by atoms with Crippen LogP contribution in [0.3, 0.4) is 0 Å². The maximum atomic E-state index is 12.3. The highest BCUT2D eigenvalue weighted by atomic mass is 16.5. The van der Waals surface area contributed by atoms with Crippen LogP contribution in [0.1, 0.15) is 74.4 Å². The van der Waals surface area contributed by atoms with Crippen LogP contribution in [-0.2, 0) is 0 Å². The summed E-state index contributed by atoms with van der Waals surface area (Å²) in [5.74, 6) is 1.00. The van der Waals surface area contributed by atoms with Gasteiger partial charge in [0.25, 0.3) is 11.7 Å². The Hall–Kier alpha value is -1.43. The van der Waals surface area contributed by atoms with Crippen molar-refractivity contribution in [1.82, 2.24) is 20.8 Å². The molecule has 2 heterocycles. The maximum absolute atomic E-state index is 12.3. The number of hydrogen-bond donors (Lipinski definition) is 2. The third-order valence-corrected chi connectivity index (χ3v) is 4.68. The standard InChI is InChI=1S/C15H24N4O2/c1-10-6-3-2-4-7-11(10)17-14(20)13-18-15(21-19-13)12-8-5-9-16-12/h10-12,16H,2-9H2,1H3,(H,17,20). The van der Waals surface area contributed by atoms with Gasteiger partial charge in [0.2, 0.25) is 5.89 Å². The lowest BCUT2D eigenvalue weighted by Gasteiger charge is -2.21. The van der Waals surface area contributed by atoms with Crippen molar-refractivity contribution < 1.29 is 9.32 Å². The molecule has 6 nitrogen and oxygen atoms in total. The van der Waals surface area contributed by atoms with Crippen LogP contribution in [0.4, 0.5) is 0 Å². The number of carbonyl (C=O) groups excluding carboxylic acids is 1. The largest absolute Gasteiger partial charge is 0.346 e. The second-order valence-electron chi connectivity index (χ2n) is 6.30. The summed E-state index contributed by atoms with van der Waals surface area (Å²) in [5.41, 5.74) is 0. The third kappa shape index (κ3) is 3.43. The van der Waals surface area contributed by atoms with E-state index in [1.54, 1.807) is 0 Å². The summed E-state index contributed by atoms with van der Waals surface area (Å²) in [6.07, 6.45) is 8.01. The zero-order valence-corrected chi connectivity index (χ0v) is 12.6. The highest BCUT2D eigenvalue weighted by Gasteiger charge is 2.27. The van der Waals surface area contributed by atoms with Crippen LogP contribution in [0.15, 0.2) is 4.52 Å². The van der Waals surface area contributed by atoms with E-state index in [9.17, 15) is 4.79 Å². The summed E-state index contributed by atoms with van der Waals surface area (Å²) < 4.78 is 5.23. The minimum atomic E-state index is -0.207. The minimum absolute atomic E-state index is 0.107. The molecule has 1 aliphatic carbocycles. The Balaban J connectivity index is 1.62. The summed E-state index contributed by atoms with van der Waals surface area (Å²) in [6, 6.07) is 0.336. The number of nitrogens with zero attached hydrogens (tertiary/aromatic N) is 2. The van der Waals surface area contributed by atoms with Crippen molar-refractivity contribution in [3.63, 3.8) is 0 Å². The van der Waals surface area contributed by atoms with Gasteiger partial charge in [0.1, 0.15) is 0 Å². The predicted molar refractivity (Wildman–Crippen MR) is 77.8 cm³/mol. The first kappa shape index (κ1) is 14.5. The molecule has 2 N–H and O–H groups in total. The Bertz CT molecular complexity index is 482. The zero-order chi connectivity index (χ0) is 14.7. The van der Waals surface area contributed by atoms with E-state index in [4.69, 9.17) is 4.52 Å². The number of aromatic nitrogens is 2. The van der Waals surface area contributed by atoms with E-state index in [0.29, 0.717) is 11.8 Å². The van der Waals surface area contributed by atoms with Crippen LogP contribution >= 0.6 is 0 Å². The van der Waals surface area contributed by atoms with Crippen LogP contribution in [0.2, 0.25) is 0 Å². The van der Waals surface area contributed by atoms with Crippen LogP contribution in [0.25, 0.3) is 0 Å². The fraction of sp³-hybridized carbons (Fsp3) is 0.800. The van der Waals surface area contributed by atoms with Gasteiger partial charge in [-0.05, 0) is 38.1 Å². The normalized spacial score (nSPS) is 30.0. The summed E-state index contributed by atoms with van der Waals surface area (Å²) in [4.78, 5) is 16.5. The minimum Gasteiger partial charge on any atom is -0.346 e. The van der Waals surface area contributed by atoms with Gasteiger partial charge in [-0.25, -0.2) is 0 Å². The van der Waals surface area contributed by atoms with Gasteiger partial charge in [-0.2, -0.15) is 4.98 Å². The molecule has 0 aromatic carbocycles. The molecule has 1 saturated carbocycles. The maximum Gasteiger partial charge on any atom is 0.292 e. The zero-order valence-electron chi connectivity index (χ0n) is 12.6. The quantitative estimate of drug-likeness (QED) is 0.835. The van der Waals surface area contributed by atoms with E-state index in [1.165, 1.54) is 25.7 Å². The number of amides is 1. The lowest BCUT2D eigenvalue weighted by molar-refractivity contribution is 0.0908. The van der Waals surface area contributed by atoms with Gasteiger partial charge in [-0.3, -0.25) is 4.79 Å². The summed E-state index contributed by atoms with van der Waals surface area (Å²) in [7, 11) is 0. The van der Waals surface area contributed by atoms with E-state index < -0.39 is 0 Å². The van der Waals surface area contributed by atoms with Crippen LogP contribution < -0.4 is 10.6 Å². The van der Waals surface area contributed by atoms with Crippen molar-refractivity contribution in [2.75, 3.05) is 6.54 Å². The second kappa shape index (κ2) is 6.56. The third-order valence-electron chi connectivity index (χ3n) is 4.68. The van der Waals surface area contributed by atoms with Crippen LogP contribution in [0.5, 0.6) is 0 Å². The lowest BCUT2D eigenvalue weighted by atomic mass is 9.97. The second-order valence-corrected chi connectivity index (χ2v) is 6.30. The van der Waals surface area contributed by atoms with Crippen molar-refractivity contribution in [2.45, 2.75) is 64.0 Å². The summed E-state index contributed by atoms with van der Waals surface area (Å²) in [6.45, 7) is 3.18. The van der Waals surface area contributed by atoms with Gasteiger partial charge in [-0.15, -0.1) is 0 Å². The van der Waals surface area contributed by atoms with Gasteiger partial charge in [0, 0.05) is 6.04 Å². The van der Waals surface area contributed by atoms with Crippen molar-refractivity contribution in [3.05, 3.63) is 11.7 Å². The Morgan fingerprint density at radius 1 is 1.24 bits per heavy atom. The Morgan fingerprint density at radius 2 is 2.10 bits per heavy atom. The summed E-state index contributed by atoms with van der Waals surface area (Å²) >= 11 is 0. The van der Waals surface area contributed by atoms with Gasteiger partial charge < -0.3 is 15.2 Å². The van der Waals surface area contributed by atoms with Gasteiger partial charge in [0.05, 0.1) is 6.04 Å². The van der Waals surface area contributed by atoms with Gasteiger partial charge in [-0.1, -0.05) is 31.3 Å². The van der Waals surface area contributed by atoms with Crippen molar-refractivity contribution in [1.29, 1.82) is 0 Å². The number of hydrogen-bond acceptors (Lipinski definition) is 5. The molecule has 3 atom stereocenters. The molecular weight excluding hydrogens is 268 g/mol. The van der Waals surface area contributed by atoms with Crippen molar-refractivity contribution in [3.8, 4) is 0 Å². The molecule has 0 radical (unpaired) electrons. The Kier molecular flexibility index (Phi) is 4.53. The number of nitrogens with one attached hydrogen (secondary N) is 2. The Morgan fingerprint density at radius 3 is 2.90 bits per heavy atom. The molecule has 1 aromatic rings. The SMILES string of the molecule is CC1CCCCCC1NC(=O)c1noc(C2CCCN2)n1. The fourth-order valence-corrected chi connectivity index (χ4v) is 3.30. The van der Waals surface area contributed by atoms with Crippen LogP contribution in [0, 0.1) is 5.92 Å². The average molecular weight is 292 g/mol. The number of carbonyl (C=O) groups is 1. The molecule has 2 aliphatic rings. The highest BCUT2D eigenvalue weighted by molar-refractivity contribution is 5.90. The molecule has 1 amide bonds. The first-order chi connectivity index (χ1) is 10.2. The fourth-order valence-electron chi connectivity index (χ4n) is 3.30. The van der Waals surface area contributed by atoms with E-state index in [-0.39, 0.29) is 23.8 Å². The first-order valence-corrected chi connectivity index (χ1v) is 8.12. The monoisotopic (exact) mass is 292 g/mol. The average Bonchev–Trinajstić information content (AvgIpc) is 3.12.